The second kappa shape index (κ2) is 8.25. The summed E-state index contributed by atoms with van der Waals surface area (Å²) in [5.74, 6) is -1.52. The first-order valence-corrected chi connectivity index (χ1v) is 8.60. The van der Waals surface area contributed by atoms with Crippen LogP contribution in [0, 0.1) is 5.92 Å². The zero-order valence-electron chi connectivity index (χ0n) is 13.7. The molecule has 0 fully saturated rings. The summed E-state index contributed by atoms with van der Waals surface area (Å²) in [6.45, 7) is 1.22. The number of hydrogen-bond donors (Lipinski definition) is 2. The fraction of sp³-hybridized carbons (Fsp3) is 0.562. The van der Waals surface area contributed by atoms with Crippen LogP contribution >= 0.6 is 11.3 Å². The Morgan fingerprint density at radius 1 is 1.33 bits per heavy atom. The van der Waals surface area contributed by atoms with Crippen molar-refractivity contribution in [2.24, 2.45) is 5.92 Å². The van der Waals surface area contributed by atoms with Crippen molar-refractivity contribution in [3.8, 4) is 0 Å². The number of nitrogens with one attached hydrogen (secondary N) is 1. The molecule has 8 heteroatoms. The van der Waals surface area contributed by atoms with E-state index in [9.17, 15) is 14.4 Å². The lowest BCUT2D eigenvalue weighted by molar-refractivity contribution is -0.143. The normalized spacial score (nSPS) is 16.3. The summed E-state index contributed by atoms with van der Waals surface area (Å²) < 4.78 is 9.63. The lowest BCUT2D eigenvalue weighted by atomic mass is 9.86. The minimum absolute atomic E-state index is 0.382. The molecule has 2 N–H and O–H groups in total. The third kappa shape index (κ3) is 4.33. The molecule has 1 heterocycles. The molecule has 0 saturated carbocycles. The molecule has 1 aliphatic carbocycles. The van der Waals surface area contributed by atoms with Gasteiger partial charge in [0, 0.05) is 4.88 Å². The molecule has 0 aromatic carbocycles. The first-order chi connectivity index (χ1) is 11.5. The summed E-state index contributed by atoms with van der Waals surface area (Å²) in [5, 5.41) is 11.6. The summed E-state index contributed by atoms with van der Waals surface area (Å²) in [5.41, 5.74) is 1.37. The minimum atomic E-state index is -1.14. The molecule has 24 heavy (non-hydrogen) atoms. The van der Waals surface area contributed by atoms with E-state index in [1.54, 1.807) is 0 Å². The van der Waals surface area contributed by atoms with Crippen molar-refractivity contribution < 1.29 is 29.0 Å². The van der Waals surface area contributed by atoms with Crippen molar-refractivity contribution >= 4 is 34.2 Å². The number of anilines is 1. The molecule has 7 nitrogen and oxygen atoms in total. The predicted octanol–water partition coefficient (Wildman–Crippen LogP) is 2.09. The van der Waals surface area contributed by atoms with Gasteiger partial charge in [0.15, 0.2) is 0 Å². The molecule has 0 unspecified atom stereocenters. The van der Waals surface area contributed by atoms with E-state index >= 15 is 0 Å². The molecule has 0 aliphatic heterocycles. The number of hydrogen-bond acceptors (Lipinski definition) is 6. The average Bonchev–Trinajstić information content (AvgIpc) is 2.90. The zero-order chi connectivity index (χ0) is 17.7. The second-order valence-electron chi connectivity index (χ2n) is 5.65. The van der Waals surface area contributed by atoms with Gasteiger partial charge < -0.3 is 19.9 Å². The second-order valence-corrected chi connectivity index (χ2v) is 6.76. The highest BCUT2D eigenvalue weighted by molar-refractivity contribution is 7.17. The van der Waals surface area contributed by atoms with Crippen LogP contribution in [0.5, 0.6) is 0 Å². The third-order valence-corrected chi connectivity index (χ3v) is 5.22. The van der Waals surface area contributed by atoms with Gasteiger partial charge in [-0.05, 0) is 30.7 Å². The lowest BCUT2D eigenvalue weighted by Gasteiger charge is -2.20. The predicted molar refractivity (Wildman–Crippen MR) is 88.5 cm³/mol. The first-order valence-electron chi connectivity index (χ1n) is 7.78. The van der Waals surface area contributed by atoms with Gasteiger partial charge in [0.2, 0.25) is 0 Å². The molecular weight excluding hydrogens is 334 g/mol. The van der Waals surface area contributed by atoms with Gasteiger partial charge in [-0.1, -0.05) is 13.3 Å². The number of aliphatic carboxylic acids is 1. The van der Waals surface area contributed by atoms with Crippen LogP contribution in [-0.2, 0) is 31.9 Å². The highest BCUT2D eigenvalue weighted by Crippen LogP contribution is 2.40. The van der Waals surface area contributed by atoms with Crippen LogP contribution in [0.4, 0.5) is 5.00 Å². The van der Waals surface area contributed by atoms with Gasteiger partial charge >= 0.3 is 11.9 Å². The molecule has 0 saturated heterocycles. The summed E-state index contributed by atoms with van der Waals surface area (Å²) in [6.07, 6.45) is 3.78. The Hall–Kier alpha value is -1.93. The van der Waals surface area contributed by atoms with E-state index in [4.69, 9.17) is 14.6 Å². The van der Waals surface area contributed by atoms with Crippen molar-refractivity contribution in [2.45, 2.75) is 32.6 Å². The van der Waals surface area contributed by atoms with Crippen molar-refractivity contribution in [1.29, 1.82) is 0 Å². The van der Waals surface area contributed by atoms with Crippen molar-refractivity contribution in [3.05, 3.63) is 16.0 Å². The van der Waals surface area contributed by atoms with Gasteiger partial charge in [-0.3, -0.25) is 4.79 Å². The number of ether oxygens (including phenoxy) is 2. The summed E-state index contributed by atoms with van der Waals surface area (Å²) in [6, 6.07) is 0. The van der Waals surface area contributed by atoms with E-state index in [0.717, 1.165) is 36.1 Å². The van der Waals surface area contributed by atoms with Crippen molar-refractivity contribution in [2.75, 3.05) is 25.6 Å². The van der Waals surface area contributed by atoms with Gasteiger partial charge in [0.25, 0.3) is 5.91 Å². The Morgan fingerprint density at radius 2 is 2.08 bits per heavy atom. The molecule has 0 spiro atoms. The monoisotopic (exact) mass is 355 g/mol. The molecule has 1 aliphatic rings. The number of carboxylic acid groups (broad SMARTS) is 1. The van der Waals surface area contributed by atoms with Crippen LogP contribution in [0.15, 0.2) is 0 Å². The van der Waals surface area contributed by atoms with Gasteiger partial charge in [-0.25, -0.2) is 9.59 Å². The molecule has 132 valence electrons. The maximum atomic E-state index is 12.1. The Morgan fingerprint density at radius 3 is 2.71 bits per heavy atom. The molecule has 1 aromatic heterocycles. The van der Waals surface area contributed by atoms with Gasteiger partial charge in [-0.15, -0.1) is 11.3 Å². The number of thiophene rings is 1. The third-order valence-electron chi connectivity index (χ3n) is 4.05. The van der Waals surface area contributed by atoms with E-state index in [1.807, 2.05) is 0 Å². The molecule has 1 atom stereocenters. The number of rotatable bonds is 7. The Labute approximate surface area is 144 Å². The molecule has 0 bridgehead atoms. The van der Waals surface area contributed by atoms with E-state index in [1.165, 1.54) is 18.4 Å². The number of carboxylic acids is 1. The lowest BCUT2D eigenvalue weighted by Crippen LogP contribution is -2.21. The van der Waals surface area contributed by atoms with Crippen LogP contribution < -0.4 is 5.32 Å². The van der Waals surface area contributed by atoms with Gasteiger partial charge in [-0.2, -0.15) is 0 Å². The fourth-order valence-electron chi connectivity index (χ4n) is 2.80. The van der Waals surface area contributed by atoms with Crippen LogP contribution in [0.1, 0.15) is 40.6 Å². The van der Waals surface area contributed by atoms with Crippen LogP contribution in [0.25, 0.3) is 0 Å². The quantitative estimate of drug-likeness (QED) is 0.726. The standard InChI is InChI=1S/C16H21NO6S/c1-3-9-4-5-10-11(6-9)24-15(14(10)16(21)22-2)17-12(18)7-23-8-13(19)20/h9H,3-8H2,1-2H3,(H,17,18)(H,19,20)/t9-/m1/s1. The zero-order valence-corrected chi connectivity index (χ0v) is 14.5. The smallest absolute Gasteiger partial charge is 0.341 e. The van der Waals surface area contributed by atoms with E-state index in [-0.39, 0.29) is 6.61 Å². The number of carbonyl (C=O) groups excluding carboxylic acids is 2. The minimum Gasteiger partial charge on any atom is -0.480 e. The van der Waals surface area contributed by atoms with Crippen LogP contribution in [0.2, 0.25) is 0 Å². The number of esters is 1. The molecule has 1 aromatic rings. The average molecular weight is 355 g/mol. The van der Waals surface area contributed by atoms with Crippen molar-refractivity contribution in [3.63, 3.8) is 0 Å². The number of amides is 1. The topological polar surface area (TPSA) is 102 Å². The van der Waals surface area contributed by atoms with Crippen LogP contribution in [-0.4, -0.2) is 43.3 Å². The van der Waals surface area contributed by atoms with E-state index in [2.05, 4.69) is 12.2 Å². The number of fused-ring (bicyclic) bond motifs is 1. The Kier molecular flexibility index (Phi) is 6.33. The van der Waals surface area contributed by atoms with Gasteiger partial charge in [0.05, 0.1) is 12.7 Å². The highest BCUT2D eigenvalue weighted by atomic mass is 32.1. The largest absolute Gasteiger partial charge is 0.480 e. The molecule has 2 rings (SSSR count). The molecular formula is C16H21NO6S. The summed E-state index contributed by atoms with van der Waals surface area (Å²) in [7, 11) is 1.31. The van der Waals surface area contributed by atoms with E-state index < -0.39 is 24.5 Å². The summed E-state index contributed by atoms with van der Waals surface area (Å²) >= 11 is 1.39. The van der Waals surface area contributed by atoms with Gasteiger partial charge in [0.1, 0.15) is 18.2 Å². The molecule has 1 amide bonds. The maximum Gasteiger partial charge on any atom is 0.341 e. The first kappa shape index (κ1) is 18.4. The van der Waals surface area contributed by atoms with E-state index in [0.29, 0.717) is 16.5 Å². The maximum absolute atomic E-state index is 12.1. The highest BCUT2D eigenvalue weighted by Gasteiger charge is 2.29. The fourth-order valence-corrected chi connectivity index (χ4v) is 4.17. The number of carbonyl (C=O) groups is 3. The number of methoxy groups -OCH3 is 1. The Bertz CT molecular complexity index is 639. The summed E-state index contributed by atoms with van der Waals surface area (Å²) in [4.78, 5) is 35.5. The van der Waals surface area contributed by atoms with Crippen LogP contribution in [0.3, 0.4) is 0 Å². The van der Waals surface area contributed by atoms with Crippen molar-refractivity contribution in [1.82, 2.24) is 0 Å². The Balaban J connectivity index is 2.16. The molecule has 0 radical (unpaired) electrons. The SMILES string of the molecule is CC[C@@H]1CCc2c(sc(NC(=O)COCC(=O)O)c2C(=O)OC)C1.